The van der Waals surface area contributed by atoms with Crippen LogP contribution in [-0.4, -0.2) is 81.3 Å². The summed E-state index contributed by atoms with van der Waals surface area (Å²) in [6.07, 6.45) is 4.52. The molecule has 1 amide bonds. The van der Waals surface area contributed by atoms with Crippen LogP contribution < -0.4 is 20.3 Å². The van der Waals surface area contributed by atoms with Gasteiger partial charge in [0.15, 0.2) is 11.6 Å². The van der Waals surface area contributed by atoms with Gasteiger partial charge in [-0.2, -0.15) is 10.1 Å². The Morgan fingerprint density at radius 1 is 1.02 bits per heavy atom. The van der Waals surface area contributed by atoms with Crippen LogP contribution in [0.1, 0.15) is 15.9 Å². The van der Waals surface area contributed by atoms with Crippen LogP contribution >= 0.6 is 0 Å². The van der Waals surface area contributed by atoms with E-state index in [0.717, 1.165) is 44.4 Å². The minimum Gasteiger partial charge on any atom is -0.490 e. The lowest BCUT2D eigenvalue weighted by Gasteiger charge is -2.32. The number of aromatic nitrogens is 4. The van der Waals surface area contributed by atoms with Gasteiger partial charge in [0, 0.05) is 61.9 Å². The van der Waals surface area contributed by atoms with Crippen molar-refractivity contribution in [1.82, 2.24) is 29.0 Å². The van der Waals surface area contributed by atoms with E-state index in [4.69, 9.17) is 9.47 Å². The van der Waals surface area contributed by atoms with E-state index in [2.05, 4.69) is 32.2 Å². The zero-order valence-corrected chi connectivity index (χ0v) is 24.7. The number of piperazine rings is 1. The topological polar surface area (TPSA) is 106 Å². The number of hydrogen-bond acceptors (Lipinski definition) is 8. The molecule has 0 unspecified atom stereocenters. The first-order chi connectivity index (χ1) is 21.8. The van der Waals surface area contributed by atoms with E-state index in [0.29, 0.717) is 23.6 Å². The minimum atomic E-state index is -0.755. The Labute approximate surface area is 257 Å². The maximum atomic E-state index is 15.2. The predicted octanol–water partition coefficient (Wildman–Crippen LogP) is 4.14. The molecule has 0 radical (unpaired) electrons. The fourth-order valence-corrected chi connectivity index (χ4v) is 5.12. The second-order valence-corrected chi connectivity index (χ2v) is 10.7. The monoisotopic (exact) mass is 615 g/mol. The number of likely N-dealkylation sites (N-methyl/N-ethyl adjacent to an activating group) is 1. The maximum absolute atomic E-state index is 15.2. The Kier molecular flexibility index (Phi) is 8.54. The third kappa shape index (κ3) is 6.54. The normalized spacial score (nSPS) is 14.0. The van der Waals surface area contributed by atoms with Crippen molar-refractivity contribution in [2.45, 2.75) is 6.92 Å². The Morgan fingerprint density at radius 3 is 2.56 bits per heavy atom. The van der Waals surface area contributed by atoms with E-state index < -0.39 is 23.1 Å². The molecule has 1 fully saturated rings. The lowest BCUT2D eigenvalue weighted by molar-refractivity contribution is 0.102. The lowest BCUT2D eigenvalue weighted by Crippen LogP contribution is -2.45. The van der Waals surface area contributed by atoms with Crippen molar-refractivity contribution >= 4 is 17.1 Å². The highest BCUT2D eigenvalue weighted by molar-refractivity contribution is 6.04. The van der Waals surface area contributed by atoms with Crippen LogP contribution in [0.25, 0.3) is 11.2 Å². The number of rotatable bonds is 9. The van der Waals surface area contributed by atoms with Crippen molar-refractivity contribution in [2.75, 3.05) is 51.7 Å². The van der Waals surface area contributed by atoms with Gasteiger partial charge in [-0.25, -0.2) is 13.3 Å². The van der Waals surface area contributed by atoms with Crippen LogP contribution in [0.2, 0.25) is 0 Å². The summed E-state index contributed by atoms with van der Waals surface area (Å²) in [4.78, 5) is 34.8. The third-order valence-electron chi connectivity index (χ3n) is 7.70. The van der Waals surface area contributed by atoms with Crippen LogP contribution in [0.4, 0.5) is 14.5 Å². The quantitative estimate of drug-likeness (QED) is 0.264. The average Bonchev–Trinajstić information content (AvgIpc) is 3.35. The Bertz CT molecular complexity index is 1900. The highest BCUT2D eigenvalue weighted by atomic mass is 19.1. The number of carbonyl (C=O) groups excluding carboxylic acids is 1. The number of anilines is 1. The molecule has 5 aromatic rings. The van der Waals surface area contributed by atoms with Gasteiger partial charge in [0.1, 0.15) is 35.6 Å². The standard InChI is InChI=1S/C32H31F2N7O4/c1-21-28(44-17-16-39-14-12-38(2)13-15-39)19-41-29(21)31(35-20-36-41)45-27-10-7-23(18-26(27)34)37-30(42)25-4-3-11-40(32(25)43)24-8-5-22(33)6-9-24/h3-11,18-20H,12-17H2,1-2H3,(H,37,42). The van der Waals surface area contributed by atoms with E-state index in [-0.39, 0.29) is 22.9 Å². The molecule has 45 heavy (non-hydrogen) atoms. The molecule has 11 nitrogen and oxygen atoms in total. The zero-order valence-electron chi connectivity index (χ0n) is 24.7. The molecule has 0 aliphatic carbocycles. The summed E-state index contributed by atoms with van der Waals surface area (Å²) in [5, 5.41) is 6.80. The Hall–Kier alpha value is -5.14. The largest absolute Gasteiger partial charge is 0.490 e. The summed E-state index contributed by atoms with van der Waals surface area (Å²) < 4.78 is 43.2. The molecule has 0 saturated carbocycles. The lowest BCUT2D eigenvalue weighted by atomic mass is 10.2. The van der Waals surface area contributed by atoms with Crippen molar-refractivity contribution in [3.8, 4) is 23.1 Å². The van der Waals surface area contributed by atoms with Gasteiger partial charge in [-0.1, -0.05) is 0 Å². The highest BCUT2D eigenvalue weighted by Crippen LogP contribution is 2.33. The Morgan fingerprint density at radius 2 is 1.80 bits per heavy atom. The van der Waals surface area contributed by atoms with Gasteiger partial charge in [0.25, 0.3) is 11.5 Å². The molecule has 1 aliphatic rings. The molecule has 4 heterocycles. The number of benzene rings is 2. The smallest absolute Gasteiger partial charge is 0.267 e. The predicted molar refractivity (Wildman–Crippen MR) is 164 cm³/mol. The summed E-state index contributed by atoms with van der Waals surface area (Å²) in [7, 11) is 2.12. The van der Waals surface area contributed by atoms with E-state index in [1.165, 1.54) is 65.6 Å². The van der Waals surface area contributed by atoms with Crippen molar-refractivity contribution in [3.63, 3.8) is 0 Å². The van der Waals surface area contributed by atoms with E-state index in [9.17, 15) is 14.0 Å². The van der Waals surface area contributed by atoms with Gasteiger partial charge >= 0.3 is 0 Å². The molecule has 1 aliphatic heterocycles. The summed E-state index contributed by atoms with van der Waals surface area (Å²) in [5.41, 5.74) is 1.01. The summed E-state index contributed by atoms with van der Waals surface area (Å²) in [6.45, 7) is 7.23. The number of fused-ring (bicyclic) bond motifs is 1. The van der Waals surface area contributed by atoms with E-state index in [1.54, 1.807) is 10.7 Å². The molecular weight excluding hydrogens is 584 g/mol. The molecular formula is C32H31F2N7O4. The van der Waals surface area contributed by atoms with Crippen LogP contribution in [0, 0.1) is 18.6 Å². The Balaban J connectivity index is 1.14. The van der Waals surface area contributed by atoms with Gasteiger partial charge in [-0.15, -0.1) is 0 Å². The molecule has 6 rings (SSSR count). The first kappa shape index (κ1) is 29.9. The van der Waals surface area contributed by atoms with Crippen LogP contribution in [0.15, 0.2) is 78.1 Å². The molecule has 2 aromatic carbocycles. The molecule has 0 atom stereocenters. The van der Waals surface area contributed by atoms with Crippen molar-refractivity contribution in [2.24, 2.45) is 0 Å². The first-order valence-corrected chi connectivity index (χ1v) is 14.4. The summed E-state index contributed by atoms with van der Waals surface area (Å²) in [6, 6.07) is 12.1. The number of ether oxygens (including phenoxy) is 2. The van der Waals surface area contributed by atoms with Gasteiger partial charge in [-0.3, -0.25) is 19.1 Å². The molecule has 13 heteroatoms. The fraction of sp³-hybridized carbons (Fsp3) is 0.250. The number of nitrogens with zero attached hydrogens (tertiary/aromatic N) is 6. The number of amides is 1. The minimum absolute atomic E-state index is 0.115. The second-order valence-electron chi connectivity index (χ2n) is 10.7. The first-order valence-electron chi connectivity index (χ1n) is 14.4. The highest BCUT2D eigenvalue weighted by Gasteiger charge is 2.19. The average molecular weight is 616 g/mol. The van der Waals surface area contributed by atoms with Gasteiger partial charge in [0.2, 0.25) is 5.88 Å². The zero-order chi connectivity index (χ0) is 31.5. The van der Waals surface area contributed by atoms with Crippen molar-refractivity contribution < 1.29 is 23.0 Å². The fourth-order valence-electron chi connectivity index (χ4n) is 5.12. The number of hydrogen-bond donors (Lipinski definition) is 1. The van der Waals surface area contributed by atoms with Crippen LogP contribution in [0.5, 0.6) is 17.4 Å². The van der Waals surface area contributed by atoms with Gasteiger partial charge < -0.3 is 19.7 Å². The molecule has 0 bridgehead atoms. The van der Waals surface area contributed by atoms with Gasteiger partial charge in [-0.05, 0) is 62.5 Å². The number of carbonyl (C=O) groups is 1. The summed E-state index contributed by atoms with van der Waals surface area (Å²) >= 11 is 0. The summed E-state index contributed by atoms with van der Waals surface area (Å²) in [5.74, 6) is -1.29. The van der Waals surface area contributed by atoms with E-state index >= 15 is 4.39 Å². The molecule has 232 valence electrons. The second kappa shape index (κ2) is 12.8. The van der Waals surface area contributed by atoms with Crippen LogP contribution in [0.3, 0.4) is 0 Å². The molecule has 3 aromatic heterocycles. The molecule has 1 saturated heterocycles. The van der Waals surface area contributed by atoms with Crippen molar-refractivity contribution in [1.29, 1.82) is 0 Å². The van der Waals surface area contributed by atoms with Crippen LogP contribution in [-0.2, 0) is 0 Å². The molecule has 0 spiro atoms. The van der Waals surface area contributed by atoms with E-state index in [1.807, 2.05) is 6.92 Å². The SMILES string of the molecule is Cc1c(OCCN2CCN(C)CC2)cn2ncnc(Oc3ccc(NC(=O)c4cccn(-c5ccc(F)cc5)c4=O)cc3F)c12. The van der Waals surface area contributed by atoms with Crippen molar-refractivity contribution in [3.05, 3.63) is 106 Å². The molecule has 1 N–H and O–H groups in total. The third-order valence-corrected chi connectivity index (χ3v) is 7.70. The number of aryl methyl sites for hydroxylation is 1. The maximum Gasteiger partial charge on any atom is 0.267 e. The number of halogens is 2. The van der Waals surface area contributed by atoms with Gasteiger partial charge in [0.05, 0.1) is 6.20 Å². The number of pyridine rings is 1. The number of nitrogens with one attached hydrogen (secondary N) is 1.